The zero-order chi connectivity index (χ0) is 55.6. The van der Waals surface area contributed by atoms with Crippen LogP contribution in [0, 0.1) is 0 Å². The molecule has 5 heterocycles. The fourth-order valence-electron chi connectivity index (χ4n) is 9.63. The van der Waals surface area contributed by atoms with Gasteiger partial charge in [0.15, 0.2) is 64.0 Å². The lowest BCUT2D eigenvalue weighted by atomic mass is 9.91. The van der Waals surface area contributed by atoms with Gasteiger partial charge in [-0.1, -0.05) is 24.3 Å². The fourth-order valence-corrected chi connectivity index (χ4v) is 9.63. The van der Waals surface area contributed by atoms with Gasteiger partial charge in [-0.15, -0.1) is 0 Å². The number of ether oxygens (including phenoxy) is 6. The third-order valence-corrected chi connectivity index (χ3v) is 13.3. The smallest absolute Gasteiger partial charge is 0.340 e. The van der Waals surface area contributed by atoms with Crippen LogP contribution in [-0.2, 0) is 28.4 Å². The number of rotatable bonds is 2. The predicted molar refractivity (Wildman–Crippen MR) is 262 cm³/mol. The molecule has 9 aromatic rings. The van der Waals surface area contributed by atoms with E-state index in [0.717, 1.165) is 12.1 Å². The number of para-hydroxylation sites is 4. The number of aromatic nitrogens is 4. The SMILES string of the molecule is O=C(O[C@@H]1O[C@@H]2COC(=O)c3cc4nc5ccccc5nc4c(O)c3-c3c(cc(O)c(O)c3O)C(=O)O[C@@H]3[C@H]1OC(=O)c1cc4nc5ccccc5nc4c(O)c1-c1c(cc(O)c(O)c1O)C(=O)O[C@@H]32)c1cc(O)c(O)c(O)c1. The van der Waals surface area contributed by atoms with Gasteiger partial charge in [0, 0.05) is 22.3 Å². The van der Waals surface area contributed by atoms with E-state index in [9.17, 15) is 70.6 Å². The van der Waals surface area contributed by atoms with Crippen molar-refractivity contribution >= 4 is 74.0 Å². The Morgan fingerprint density at radius 1 is 0.430 bits per heavy atom. The van der Waals surface area contributed by atoms with Gasteiger partial charge in [-0.05, 0) is 60.7 Å². The Kier molecular flexibility index (Phi) is 10.9. The molecule has 0 aliphatic carbocycles. The molecular weight excluding hydrogens is 1040 g/mol. The van der Waals surface area contributed by atoms with E-state index in [0.29, 0.717) is 24.3 Å². The summed E-state index contributed by atoms with van der Waals surface area (Å²) >= 11 is 0. The van der Waals surface area contributed by atoms with Gasteiger partial charge in [0.1, 0.15) is 23.7 Å². The van der Waals surface area contributed by atoms with Crippen LogP contribution in [0.2, 0.25) is 0 Å². The normalized spacial score (nSPS) is 19.0. The summed E-state index contributed by atoms with van der Waals surface area (Å²) < 4.78 is 35.6. The summed E-state index contributed by atoms with van der Waals surface area (Å²) in [5, 5.41) is 122. The molecule has 5 atom stereocenters. The van der Waals surface area contributed by atoms with Gasteiger partial charge in [-0.2, -0.15) is 0 Å². The standard InChI is InChI=1S/C53H32N4O22/c58-27-9-16(10-28(59)38(27)62)48(69)79-53-47-46-45(76-51(72)19-13-29(60)40(64)44(68)35(19)33-18(50(71)78-47)12-26-37(42(33)66)57-24-8-4-2-6-22(24)55-26)31(75-53)15-74-49(70)17-11-25-36(56-23-7-3-1-5-21(23)54-25)41(65)32(17)34-20(52(73)77-46)14-30(61)39(63)43(34)67/h1-14,31,45-47,53,58-68H,15H2/t31-,45-,46+,47-,53+/m1/s1. The van der Waals surface area contributed by atoms with Crippen LogP contribution in [-0.4, -0.2) is 143 Å². The van der Waals surface area contributed by atoms with Crippen molar-refractivity contribution in [3.8, 4) is 85.5 Å². The van der Waals surface area contributed by atoms with E-state index in [1.165, 1.54) is 18.2 Å². The summed E-state index contributed by atoms with van der Waals surface area (Å²) in [6.07, 6.45) is -11.8. The lowest BCUT2D eigenvalue weighted by Crippen LogP contribution is -2.63. The predicted octanol–water partition coefficient (Wildman–Crippen LogP) is 5.02. The number of carbonyl (C=O) groups is 5. The molecule has 3 aliphatic rings. The number of esters is 5. The number of carbonyl (C=O) groups excluding carboxylic acids is 5. The molecule has 396 valence electrons. The third kappa shape index (κ3) is 7.64. The highest BCUT2D eigenvalue weighted by Crippen LogP contribution is 2.53. The van der Waals surface area contributed by atoms with Crippen LogP contribution in [0.4, 0.5) is 0 Å². The van der Waals surface area contributed by atoms with Crippen LogP contribution in [0.1, 0.15) is 51.8 Å². The Bertz CT molecular complexity index is 4240. The van der Waals surface area contributed by atoms with E-state index < -0.39 is 180 Å². The lowest BCUT2D eigenvalue weighted by Gasteiger charge is -2.44. The van der Waals surface area contributed by atoms with Gasteiger partial charge in [0.05, 0.1) is 60.9 Å². The van der Waals surface area contributed by atoms with E-state index in [1.54, 1.807) is 30.3 Å². The lowest BCUT2D eigenvalue weighted by molar-refractivity contribution is -0.282. The number of aromatic hydroxyl groups is 11. The summed E-state index contributed by atoms with van der Waals surface area (Å²) in [5.74, 6) is -20.7. The first-order valence-electron chi connectivity index (χ1n) is 23.1. The number of cyclic esters (lactones) is 1. The van der Waals surface area contributed by atoms with Crippen LogP contribution in [0.3, 0.4) is 0 Å². The summed E-state index contributed by atoms with van der Waals surface area (Å²) in [7, 11) is 0. The molecule has 0 unspecified atom stereocenters. The van der Waals surface area contributed by atoms with Crippen molar-refractivity contribution in [3.63, 3.8) is 0 Å². The minimum atomic E-state index is -2.48. The number of fused-ring (bicyclic) bond motifs is 10. The van der Waals surface area contributed by atoms with Crippen molar-refractivity contribution < 1.29 is 109 Å². The van der Waals surface area contributed by atoms with Gasteiger partial charge in [-0.25, -0.2) is 43.9 Å². The minimum Gasteiger partial charge on any atom is -0.505 e. The second-order valence-corrected chi connectivity index (χ2v) is 18.0. The summed E-state index contributed by atoms with van der Waals surface area (Å²) in [4.78, 5) is 92.0. The van der Waals surface area contributed by atoms with Crippen LogP contribution in [0.5, 0.6) is 63.2 Å². The van der Waals surface area contributed by atoms with Gasteiger partial charge in [0.2, 0.25) is 23.9 Å². The molecule has 1 fully saturated rings. The van der Waals surface area contributed by atoms with E-state index in [4.69, 9.17) is 28.4 Å². The Morgan fingerprint density at radius 2 is 0.823 bits per heavy atom. The molecule has 1 saturated heterocycles. The molecule has 79 heavy (non-hydrogen) atoms. The van der Waals surface area contributed by atoms with Crippen molar-refractivity contribution in [2.24, 2.45) is 0 Å². The van der Waals surface area contributed by atoms with Crippen molar-refractivity contribution in [1.29, 1.82) is 0 Å². The number of phenolic OH excluding ortho intramolecular Hbond substituents is 11. The molecule has 0 spiro atoms. The third-order valence-electron chi connectivity index (χ3n) is 13.3. The number of benzene rings is 7. The average Bonchev–Trinajstić information content (AvgIpc) is 3.71. The first kappa shape index (κ1) is 48.8. The highest BCUT2D eigenvalue weighted by Gasteiger charge is 2.56. The molecule has 26 heteroatoms. The summed E-state index contributed by atoms with van der Waals surface area (Å²) in [6, 6.07) is 16.9. The quantitative estimate of drug-likeness (QED) is 0.0468. The fraction of sp³-hybridized carbons (Fsp3) is 0.113. The number of phenols is 11. The van der Waals surface area contributed by atoms with Gasteiger partial charge < -0.3 is 84.6 Å². The number of hydrogen-bond acceptors (Lipinski definition) is 26. The molecular formula is C53H32N4O22. The van der Waals surface area contributed by atoms with Gasteiger partial charge in [-0.3, -0.25) is 0 Å². The highest BCUT2D eigenvalue weighted by atomic mass is 16.7. The molecule has 0 amide bonds. The zero-order valence-corrected chi connectivity index (χ0v) is 39.4. The van der Waals surface area contributed by atoms with Crippen LogP contribution in [0.15, 0.2) is 84.9 Å². The van der Waals surface area contributed by atoms with Crippen LogP contribution < -0.4 is 0 Å². The monoisotopic (exact) mass is 1080 g/mol. The van der Waals surface area contributed by atoms with Crippen LogP contribution >= 0.6 is 0 Å². The maximum Gasteiger partial charge on any atom is 0.340 e. The van der Waals surface area contributed by atoms with Crippen LogP contribution in [0.25, 0.3) is 66.4 Å². The molecule has 12 rings (SSSR count). The first-order chi connectivity index (χ1) is 37.8. The van der Waals surface area contributed by atoms with Crippen molar-refractivity contribution in [2.45, 2.75) is 30.7 Å². The zero-order valence-electron chi connectivity index (χ0n) is 39.4. The number of hydrogen-bond donors (Lipinski definition) is 11. The van der Waals surface area contributed by atoms with E-state index in [-0.39, 0.29) is 44.1 Å². The minimum absolute atomic E-state index is 0.171. The van der Waals surface area contributed by atoms with Crippen molar-refractivity contribution in [3.05, 3.63) is 113 Å². The summed E-state index contributed by atoms with van der Waals surface area (Å²) in [5.41, 5.74) is -7.79. The van der Waals surface area contributed by atoms with E-state index in [1.807, 2.05) is 0 Å². The Balaban J connectivity index is 1.11. The topological polar surface area (TPSA) is 415 Å². The van der Waals surface area contributed by atoms with Gasteiger partial charge >= 0.3 is 29.8 Å². The maximum absolute atomic E-state index is 15.2. The molecule has 0 saturated carbocycles. The molecule has 0 radical (unpaired) electrons. The van der Waals surface area contributed by atoms with Crippen molar-refractivity contribution in [1.82, 2.24) is 19.9 Å². The highest BCUT2D eigenvalue weighted by molar-refractivity contribution is 6.13. The molecule has 4 bridgehead atoms. The first-order valence-corrected chi connectivity index (χ1v) is 23.1. The molecule has 26 nitrogen and oxygen atoms in total. The second-order valence-electron chi connectivity index (χ2n) is 18.0. The Morgan fingerprint density at radius 3 is 1.30 bits per heavy atom. The van der Waals surface area contributed by atoms with E-state index >= 15 is 9.59 Å². The van der Waals surface area contributed by atoms with Gasteiger partial charge in [0.25, 0.3) is 0 Å². The molecule has 3 aliphatic heterocycles. The Hall–Kier alpha value is -11.2. The summed E-state index contributed by atoms with van der Waals surface area (Å²) in [6.45, 7) is -1.17. The Labute approximate surface area is 436 Å². The number of nitrogens with zero attached hydrogens (tertiary/aromatic N) is 4. The maximum atomic E-state index is 15.2. The van der Waals surface area contributed by atoms with E-state index in [2.05, 4.69) is 19.9 Å². The second kappa shape index (κ2) is 17.7. The molecule has 11 N–H and O–H groups in total. The molecule has 2 aromatic heterocycles. The largest absolute Gasteiger partial charge is 0.505 e. The average molecular weight is 1080 g/mol. The molecule has 7 aromatic carbocycles. The van der Waals surface area contributed by atoms with Crippen molar-refractivity contribution in [2.75, 3.05) is 6.61 Å².